The Morgan fingerprint density at radius 2 is 1.64 bits per heavy atom. The molecule has 2 atom stereocenters. The number of hydrogen-bond acceptors (Lipinski definition) is 5. The minimum atomic E-state index is -4.68. The average Bonchev–Trinajstić information content (AvgIpc) is 3.45. The third-order valence-electron chi connectivity index (χ3n) is 6.95. The first-order chi connectivity index (χ1) is 20.3. The summed E-state index contributed by atoms with van der Waals surface area (Å²) in [7, 11) is -4.68. The second-order valence-electron chi connectivity index (χ2n) is 11.2. The molecule has 230 valence electrons. The number of anilines is 2. The first-order valence-corrected chi connectivity index (χ1v) is 15.4. The largest absolute Gasteiger partial charge is 2.00 e. The molecule has 1 aliphatic heterocycles. The summed E-state index contributed by atoms with van der Waals surface area (Å²) < 4.78 is 15.5. The molecular formula is C32H35N3O7PW+. The number of amides is 3. The first kappa shape index (κ1) is 34.9. The topological polar surface area (TPSA) is 136 Å². The van der Waals surface area contributed by atoms with Gasteiger partial charge in [-0.15, -0.1) is 12.1 Å². The Kier molecular flexibility index (Phi) is 11.9. The SMILES string of the molecule is CC(C)(C)C(NC(=O)/C=C/c1ccc(OP(=O)(O)O)cc1)C(=O)N1CCCC1C(=O)N(c1cc[c-]cc1)c1ccccc1.[W+2]. The number of phosphoric ester groups is 1. The van der Waals surface area contributed by atoms with E-state index in [2.05, 4.69) is 15.9 Å². The average molecular weight is 788 g/mol. The van der Waals surface area contributed by atoms with E-state index in [-0.39, 0.29) is 38.6 Å². The van der Waals surface area contributed by atoms with E-state index in [1.165, 1.54) is 36.4 Å². The number of benzene rings is 3. The molecule has 1 heterocycles. The summed E-state index contributed by atoms with van der Waals surface area (Å²) in [5.41, 5.74) is 1.27. The van der Waals surface area contributed by atoms with Gasteiger partial charge in [0.1, 0.15) is 17.8 Å². The van der Waals surface area contributed by atoms with E-state index >= 15 is 0 Å². The molecule has 12 heteroatoms. The van der Waals surface area contributed by atoms with E-state index in [0.29, 0.717) is 36.3 Å². The van der Waals surface area contributed by atoms with Gasteiger partial charge in [-0.3, -0.25) is 24.2 Å². The van der Waals surface area contributed by atoms with Gasteiger partial charge in [-0.2, -0.15) is 18.2 Å². The molecule has 0 bridgehead atoms. The van der Waals surface area contributed by atoms with Crippen molar-refractivity contribution in [2.24, 2.45) is 5.41 Å². The maximum atomic E-state index is 14.1. The molecule has 0 aliphatic carbocycles. The van der Waals surface area contributed by atoms with Crippen LogP contribution in [0.2, 0.25) is 0 Å². The van der Waals surface area contributed by atoms with Gasteiger partial charge in [-0.1, -0.05) is 56.8 Å². The first-order valence-electron chi connectivity index (χ1n) is 13.8. The quantitative estimate of drug-likeness (QED) is 0.160. The van der Waals surface area contributed by atoms with Crippen LogP contribution < -0.4 is 14.7 Å². The molecule has 0 saturated carbocycles. The van der Waals surface area contributed by atoms with Crippen molar-refractivity contribution in [2.75, 3.05) is 11.4 Å². The predicted octanol–water partition coefficient (Wildman–Crippen LogP) is 4.86. The van der Waals surface area contributed by atoms with E-state index in [9.17, 15) is 18.9 Å². The van der Waals surface area contributed by atoms with Crippen molar-refractivity contribution in [1.29, 1.82) is 0 Å². The maximum absolute atomic E-state index is 14.1. The fourth-order valence-corrected chi connectivity index (χ4v) is 5.29. The van der Waals surface area contributed by atoms with Crippen LogP contribution in [0.3, 0.4) is 0 Å². The number of carbonyl (C=O) groups is 3. The Morgan fingerprint density at radius 3 is 2.23 bits per heavy atom. The number of phosphoric acid groups is 1. The van der Waals surface area contributed by atoms with Crippen molar-refractivity contribution >= 4 is 43.0 Å². The number of hydrogen-bond donors (Lipinski definition) is 3. The molecule has 3 N–H and O–H groups in total. The van der Waals surface area contributed by atoms with E-state index in [4.69, 9.17) is 9.79 Å². The van der Waals surface area contributed by atoms with Crippen molar-refractivity contribution in [3.63, 3.8) is 0 Å². The minimum absolute atomic E-state index is 0. The summed E-state index contributed by atoms with van der Waals surface area (Å²) in [5, 5.41) is 2.82. The number of nitrogens with zero attached hydrogens (tertiary/aromatic N) is 2. The molecular weight excluding hydrogens is 753 g/mol. The molecule has 1 saturated heterocycles. The van der Waals surface area contributed by atoms with Crippen LogP contribution >= 0.6 is 7.82 Å². The Balaban J connectivity index is 0.00000529. The summed E-state index contributed by atoms with van der Waals surface area (Å²) in [6.45, 7) is 5.94. The summed E-state index contributed by atoms with van der Waals surface area (Å²) in [4.78, 5) is 62.1. The summed E-state index contributed by atoms with van der Waals surface area (Å²) >= 11 is 0. The molecule has 1 fully saturated rings. The number of rotatable bonds is 9. The van der Waals surface area contributed by atoms with Crippen LogP contribution in [0, 0.1) is 11.5 Å². The molecule has 3 aromatic carbocycles. The maximum Gasteiger partial charge on any atom is 2.00 e. The van der Waals surface area contributed by atoms with E-state index in [1.54, 1.807) is 34.1 Å². The second kappa shape index (κ2) is 15.0. The van der Waals surface area contributed by atoms with Gasteiger partial charge in [0.15, 0.2) is 0 Å². The number of para-hydroxylation sites is 1. The van der Waals surface area contributed by atoms with Gasteiger partial charge in [0.2, 0.25) is 11.8 Å². The fourth-order valence-electron chi connectivity index (χ4n) is 4.90. The number of likely N-dealkylation sites (tertiary alicyclic amines) is 1. The van der Waals surface area contributed by atoms with Crippen LogP contribution in [0.25, 0.3) is 6.08 Å². The molecule has 0 spiro atoms. The van der Waals surface area contributed by atoms with Crippen LogP contribution in [-0.2, 0) is 40.0 Å². The molecule has 0 aromatic heterocycles. The number of carbonyl (C=O) groups excluding carboxylic acids is 3. The normalized spacial score (nSPS) is 15.8. The molecule has 3 aromatic rings. The van der Waals surface area contributed by atoms with Crippen molar-refractivity contribution < 1.29 is 54.3 Å². The predicted molar refractivity (Wildman–Crippen MR) is 163 cm³/mol. The summed E-state index contributed by atoms with van der Waals surface area (Å²) in [5.74, 6) is -1.08. The molecule has 1 aliphatic rings. The zero-order valence-corrected chi connectivity index (χ0v) is 28.4. The summed E-state index contributed by atoms with van der Waals surface area (Å²) in [6, 6.07) is 23.5. The molecule has 4 rings (SSSR count). The van der Waals surface area contributed by atoms with Gasteiger partial charge in [0.05, 0.1) is 0 Å². The molecule has 44 heavy (non-hydrogen) atoms. The molecule has 10 nitrogen and oxygen atoms in total. The molecule has 3 amide bonds. The van der Waals surface area contributed by atoms with E-state index in [1.807, 2.05) is 51.1 Å². The van der Waals surface area contributed by atoms with Crippen LogP contribution in [0.5, 0.6) is 5.75 Å². The Labute approximate surface area is 271 Å². The molecule has 2 unspecified atom stereocenters. The van der Waals surface area contributed by atoms with Gasteiger partial charge >= 0.3 is 28.9 Å². The van der Waals surface area contributed by atoms with Gasteiger partial charge in [-0.25, -0.2) is 4.57 Å². The fraction of sp³-hybridized carbons (Fsp3) is 0.281. The zero-order valence-electron chi connectivity index (χ0n) is 24.6. The third-order valence-corrected chi connectivity index (χ3v) is 7.39. The zero-order chi connectivity index (χ0) is 31.2. The smallest absolute Gasteiger partial charge is 0.404 e. The monoisotopic (exact) mass is 788 g/mol. The number of nitrogens with one attached hydrogen (secondary N) is 1. The van der Waals surface area contributed by atoms with Crippen molar-refractivity contribution in [3.05, 3.63) is 96.6 Å². The van der Waals surface area contributed by atoms with E-state index in [0.717, 1.165) is 0 Å². The Bertz CT molecular complexity index is 1470. The van der Waals surface area contributed by atoms with Crippen LogP contribution in [0.4, 0.5) is 11.4 Å². The van der Waals surface area contributed by atoms with Crippen LogP contribution in [0.15, 0.2) is 84.9 Å². The van der Waals surface area contributed by atoms with Gasteiger partial charge in [0, 0.05) is 18.3 Å². The van der Waals surface area contributed by atoms with Crippen LogP contribution in [-0.4, -0.2) is 51.0 Å². The summed E-state index contributed by atoms with van der Waals surface area (Å²) in [6.07, 6.45) is 3.94. The third kappa shape index (κ3) is 9.23. The van der Waals surface area contributed by atoms with Crippen molar-refractivity contribution in [1.82, 2.24) is 10.2 Å². The Morgan fingerprint density at radius 1 is 1.02 bits per heavy atom. The van der Waals surface area contributed by atoms with Gasteiger partial charge in [0.25, 0.3) is 5.91 Å². The molecule has 0 radical (unpaired) electrons. The van der Waals surface area contributed by atoms with Crippen LogP contribution in [0.1, 0.15) is 39.2 Å². The van der Waals surface area contributed by atoms with Crippen molar-refractivity contribution in [3.8, 4) is 5.75 Å². The van der Waals surface area contributed by atoms with Gasteiger partial charge in [-0.05, 0) is 54.2 Å². The van der Waals surface area contributed by atoms with E-state index < -0.39 is 31.2 Å². The minimum Gasteiger partial charge on any atom is -0.404 e. The second-order valence-corrected chi connectivity index (χ2v) is 12.4. The standard InChI is InChI=1S/C32H35N3O7P.W/c1-32(2,3)29(33-28(36)21-18-23-16-19-26(20-17-23)42-43(39,40)41)31(38)34-22-10-15-27(34)30(37)35(24-11-6-4-7-12-24)25-13-8-5-9-14-25;/h4,6-9,11-14,16-21,27,29H,10,15,22H2,1-3H3,(H,33,36)(H2,39,40,41);/q-1;+2/b21-18+;. The van der Waals surface area contributed by atoms with Crippen molar-refractivity contribution in [2.45, 2.75) is 45.7 Å². The van der Waals surface area contributed by atoms with Gasteiger partial charge < -0.3 is 19.6 Å². The Hall–Kier alpha value is -3.55.